The van der Waals surface area contributed by atoms with Gasteiger partial charge in [-0.3, -0.25) is 5.01 Å². The Morgan fingerprint density at radius 2 is 2.17 bits per heavy atom. The molecule has 3 aliphatic rings. The van der Waals surface area contributed by atoms with E-state index in [0.29, 0.717) is 6.04 Å². The third-order valence-electron chi connectivity index (χ3n) is 3.46. The van der Waals surface area contributed by atoms with Crippen molar-refractivity contribution < 1.29 is 9.90 Å². The summed E-state index contributed by atoms with van der Waals surface area (Å²) >= 11 is 5.18. The number of aliphatic carboxylic acids is 1. The van der Waals surface area contributed by atoms with Crippen molar-refractivity contribution in [2.75, 3.05) is 0 Å². The zero-order valence-corrected chi connectivity index (χ0v) is 10.5. The minimum Gasteiger partial charge on any atom is -0.478 e. The van der Waals surface area contributed by atoms with Gasteiger partial charge in [0, 0.05) is 12.2 Å². The van der Waals surface area contributed by atoms with Gasteiger partial charge >= 0.3 is 5.97 Å². The Labute approximate surface area is 110 Å². The molecule has 2 aliphatic heterocycles. The normalized spacial score (nSPS) is 23.7. The Morgan fingerprint density at radius 1 is 1.44 bits per heavy atom. The molecule has 3 N–H and O–H groups in total. The Morgan fingerprint density at radius 3 is 2.83 bits per heavy atom. The SMILES string of the molecule is O=C(O)C1=CNC2=CN(C3CCCC3)NN2C1=S. The number of carboxylic acid groups (broad SMARTS) is 1. The van der Waals surface area contributed by atoms with Crippen molar-refractivity contribution in [2.24, 2.45) is 0 Å². The lowest BCUT2D eigenvalue weighted by molar-refractivity contribution is -0.132. The van der Waals surface area contributed by atoms with Gasteiger partial charge in [-0.05, 0) is 12.8 Å². The van der Waals surface area contributed by atoms with Gasteiger partial charge in [-0.25, -0.2) is 9.80 Å². The number of hydrogen-bond acceptors (Lipinski definition) is 5. The van der Waals surface area contributed by atoms with E-state index in [1.54, 1.807) is 5.01 Å². The molecular weight excluding hydrogens is 252 g/mol. The quantitative estimate of drug-likeness (QED) is 0.634. The summed E-state index contributed by atoms with van der Waals surface area (Å²) in [4.78, 5) is 11.3. The molecule has 0 radical (unpaired) electrons. The highest BCUT2D eigenvalue weighted by molar-refractivity contribution is 7.80. The largest absolute Gasteiger partial charge is 0.478 e. The van der Waals surface area contributed by atoms with Gasteiger partial charge in [0.25, 0.3) is 0 Å². The molecule has 1 fully saturated rings. The summed E-state index contributed by atoms with van der Waals surface area (Å²) in [5.41, 5.74) is 3.24. The van der Waals surface area contributed by atoms with Crippen LogP contribution in [0.3, 0.4) is 0 Å². The lowest BCUT2D eigenvalue weighted by Crippen LogP contribution is -2.50. The van der Waals surface area contributed by atoms with E-state index < -0.39 is 5.97 Å². The molecule has 1 aliphatic carbocycles. The number of thiocarbonyl (C=S) groups is 1. The van der Waals surface area contributed by atoms with Crippen LogP contribution in [-0.4, -0.2) is 32.1 Å². The maximum absolute atomic E-state index is 11.0. The van der Waals surface area contributed by atoms with Crippen LogP contribution in [0.2, 0.25) is 0 Å². The van der Waals surface area contributed by atoms with Crippen LogP contribution in [-0.2, 0) is 4.79 Å². The van der Waals surface area contributed by atoms with E-state index in [4.69, 9.17) is 17.3 Å². The van der Waals surface area contributed by atoms with Crippen LogP contribution in [0.25, 0.3) is 0 Å². The molecule has 2 heterocycles. The molecule has 1 saturated carbocycles. The maximum Gasteiger partial charge on any atom is 0.340 e. The number of hydrazine groups is 2. The summed E-state index contributed by atoms with van der Waals surface area (Å²) in [5.74, 6) is -0.246. The van der Waals surface area contributed by atoms with Crippen molar-refractivity contribution in [2.45, 2.75) is 31.7 Å². The van der Waals surface area contributed by atoms with Gasteiger partial charge in [0.1, 0.15) is 16.4 Å². The van der Waals surface area contributed by atoms with Crippen LogP contribution < -0.4 is 10.9 Å². The first-order valence-electron chi connectivity index (χ1n) is 5.98. The highest BCUT2D eigenvalue weighted by atomic mass is 32.1. The first kappa shape index (κ1) is 11.5. The molecule has 18 heavy (non-hydrogen) atoms. The number of nitrogens with one attached hydrogen (secondary N) is 2. The Balaban J connectivity index is 1.78. The minimum atomic E-state index is -1.02. The second kappa shape index (κ2) is 4.25. The fraction of sp³-hybridized carbons (Fsp3) is 0.455. The third kappa shape index (κ3) is 1.75. The second-order valence-electron chi connectivity index (χ2n) is 4.61. The standard InChI is InChI=1S/C11H14N4O2S/c16-11(17)8-5-12-9-6-14(7-3-1-2-4-7)13-15(9)10(8)18/h5-7,12-13H,1-4H2,(H,16,17). The smallest absolute Gasteiger partial charge is 0.340 e. The molecule has 0 saturated heterocycles. The summed E-state index contributed by atoms with van der Waals surface area (Å²) in [5, 5.41) is 15.6. The van der Waals surface area contributed by atoms with Crippen LogP contribution in [0.4, 0.5) is 0 Å². The molecule has 7 heteroatoms. The van der Waals surface area contributed by atoms with Crippen molar-refractivity contribution in [1.29, 1.82) is 0 Å². The average molecular weight is 266 g/mol. The van der Waals surface area contributed by atoms with E-state index >= 15 is 0 Å². The van der Waals surface area contributed by atoms with Crippen LogP contribution >= 0.6 is 12.2 Å². The van der Waals surface area contributed by atoms with Crippen molar-refractivity contribution >= 4 is 23.2 Å². The molecule has 0 spiro atoms. The lowest BCUT2D eigenvalue weighted by atomic mass is 10.2. The summed E-state index contributed by atoms with van der Waals surface area (Å²) in [6.45, 7) is 0. The number of carboxylic acids is 1. The van der Waals surface area contributed by atoms with Crippen molar-refractivity contribution in [3.63, 3.8) is 0 Å². The van der Waals surface area contributed by atoms with E-state index in [9.17, 15) is 4.79 Å². The highest BCUT2D eigenvalue weighted by Gasteiger charge is 2.34. The number of nitrogens with zero attached hydrogens (tertiary/aromatic N) is 2. The second-order valence-corrected chi connectivity index (χ2v) is 4.99. The Kier molecular flexibility index (Phi) is 2.71. The molecule has 0 aromatic rings. The van der Waals surface area contributed by atoms with Gasteiger partial charge in [0.05, 0.1) is 6.20 Å². The molecule has 96 valence electrons. The highest BCUT2D eigenvalue weighted by Crippen LogP contribution is 2.27. The number of fused-ring (bicyclic) bond motifs is 1. The Hall–Kier alpha value is -1.60. The monoisotopic (exact) mass is 266 g/mol. The van der Waals surface area contributed by atoms with E-state index in [0.717, 1.165) is 18.7 Å². The molecule has 0 atom stereocenters. The number of hydrogen-bond donors (Lipinski definition) is 3. The first-order valence-corrected chi connectivity index (χ1v) is 6.38. The molecule has 6 nitrogen and oxygen atoms in total. The zero-order valence-electron chi connectivity index (χ0n) is 9.72. The van der Waals surface area contributed by atoms with Gasteiger partial charge in [-0.15, -0.1) is 5.53 Å². The van der Waals surface area contributed by atoms with Gasteiger partial charge in [0.15, 0.2) is 0 Å². The predicted octanol–water partition coefficient (Wildman–Crippen LogP) is 0.664. The van der Waals surface area contributed by atoms with Crippen molar-refractivity contribution in [3.05, 3.63) is 23.8 Å². The van der Waals surface area contributed by atoms with E-state index in [1.807, 2.05) is 11.2 Å². The molecule has 0 bridgehead atoms. The van der Waals surface area contributed by atoms with E-state index in [1.165, 1.54) is 19.0 Å². The van der Waals surface area contributed by atoms with Gasteiger partial charge in [-0.2, -0.15) is 0 Å². The predicted molar refractivity (Wildman–Crippen MR) is 68.6 cm³/mol. The summed E-state index contributed by atoms with van der Waals surface area (Å²) in [7, 11) is 0. The summed E-state index contributed by atoms with van der Waals surface area (Å²) in [6.07, 6.45) is 8.16. The van der Waals surface area contributed by atoms with Crippen LogP contribution in [0, 0.1) is 0 Å². The van der Waals surface area contributed by atoms with Gasteiger partial charge in [0.2, 0.25) is 0 Å². The molecule has 0 aromatic carbocycles. The van der Waals surface area contributed by atoms with Crippen LogP contribution in [0.15, 0.2) is 23.8 Å². The van der Waals surface area contributed by atoms with Crippen LogP contribution in [0.1, 0.15) is 25.7 Å². The molecule has 0 unspecified atom stereocenters. The van der Waals surface area contributed by atoms with Gasteiger partial charge in [-0.1, -0.05) is 25.1 Å². The molecule has 3 rings (SSSR count). The molecule has 0 aromatic heterocycles. The Bertz CT molecular complexity index is 468. The first-order chi connectivity index (χ1) is 8.66. The van der Waals surface area contributed by atoms with Gasteiger partial charge < -0.3 is 10.4 Å². The van der Waals surface area contributed by atoms with E-state index in [-0.39, 0.29) is 10.6 Å². The topological polar surface area (TPSA) is 67.8 Å². The van der Waals surface area contributed by atoms with Crippen molar-refractivity contribution in [1.82, 2.24) is 20.9 Å². The average Bonchev–Trinajstić information content (AvgIpc) is 2.97. The third-order valence-corrected chi connectivity index (χ3v) is 3.87. The zero-order chi connectivity index (χ0) is 12.7. The summed E-state index contributed by atoms with van der Waals surface area (Å²) < 4.78 is 0. The summed E-state index contributed by atoms with van der Waals surface area (Å²) in [6, 6.07) is 0.459. The van der Waals surface area contributed by atoms with Crippen LogP contribution in [0.5, 0.6) is 0 Å². The van der Waals surface area contributed by atoms with Crippen molar-refractivity contribution in [3.8, 4) is 0 Å². The molecule has 0 amide bonds. The maximum atomic E-state index is 11.0. The number of carbonyl (C=O) groups is 1. The lowest BCUT2D eigenvalue weighted by Gasteiger charge is -2.29. The molecular formula is C11H14N4O2S. The minimum absolute atomic E-state index is 0.0999. The van der Waals surface area contributed by atoms with E-state index in [2.05, 4.69) is 10.9 Å². The number of rotatable bonds is 2. The fourth-order valence-corrected chi connectivity index (χ4v) is 2.78. The fourth-order valence-electron chi connectivity index (χ4n) is 2.50.